The molecule has 0 saturated carbocycles. The molecule has 0 radical (unpaired) electrons. The molecule has 2 unspecified atom stereocenters. The monoisotopic (exact) mass is 329 g/mol. The summed E-state index contributed by atoms with van der Waals surface area (Å²) in [7, 11) is 1.19. The van der Waals surface area contributed by atoms with Gasteiger partial charge in [0, 0.05) is 12.1 Å². The number of aromatic nitrogens is 2. The highest BCUT2D eigenvalue weighted by Crippen LogP contribution is 2.21. The van der Waals surface area contributed by atoms with E-state index in [-0.39, 0.29) is 24.2 Å². The molecule has 1 amide bonds. The molecule has 0 aliphatic rings. The van der Waals surface area contributed by atoms with Gasteiger partial charge in [-0.3, -0.25) is 5.10 Å². The number of aliphatic hydroxyl groups excluding tert-OH is 2. The quantitative estimate of drug-likeness (QED) is 0.558. The molecule has 1 rings (SSSR count). The normalized spacial score (nSPS) is 14.0. The summed E-state index contributed by atoms with van der Waals surface area (Å²) >= 11 is 0. The summed E-state index contributed by atoms with van der Waals surface area (Å²) < 4.78 is 9.59. The molecule has 130 valence electrons. The Morgan fingerprint density at radius 2 is 2.04 bits per heavy atom. The van der Waals surface area contributed by atoms with Crippen molar-refractivity contribution in [1.29, 1.82) is 0 Å². The lowest BCUT2D eigenvalue weighted by atomic mass is 10.0. The minimum absolute atomic E-state index is 0.0286. The number of rotatable bonds is 6. The molecule has 2 atom stereocenters. The lowest BCUT2D eigenvalue weighted by molar-refractivity contribution is 0.0113. The average molecular weight is 329 g/mol. The maximum Gasteiger partial charge on any atom is 0.407 e. The smallest absolute Gasteiger partial charge is 0.407 e. The van der Waals surface area contributed by atoms with Gasteiger partial charge < -0.3 is 25.0 Å². The van der Waals surface area contributed by atoms with Crippen LogP contribution in [0.25, 0.3) is 0 Å². The van der Waals surface area contributed by atoms with Crippen LogP contribution >= 0.6 is 0 Å². The number of methoxy groups -OCH3 is 1. The predicted molar refractivity (Wildman–Crippen MR) is 79.7 cm³/mol. The Morgan fingerprint density at radius 1 is 1.39 bits per heavy atom. The number of alkyl carbamates (subject to hydrolysis) is 1. The van der Waals surface area contributed by atoms with Gasteiger partial charge >= 0.3 is 12.1 Å². The molecule has 0 aromatic carbocycles. The molecule has 0 bridgehead atoms. The van der Waals surface area contributed by atoms with Crippen molar-refractivity contribution in [3.8, 4) is 0 Å². The van der Waals surface area contributed by atoms with Crippen LogP contribution in [0.3, 0.4) is 0 Å². The van der Waals surface area contributed by atoms with Gasteiger partial charge in [0.25, 0.3) is 0 Å². The number of nitrogens with zero attached hydrogens (tertiary/aromatic N) is 1. The fourth-order valence-electron chi connectivity index (χ4n) is 1.79. The second kappa shape index (κ2) is 7.93. The van der Waals surface area contributed by atoms with Gasteiger partial charge in [0.05, 0.1) is 19.4 Å². The van der Waals surface area contributed by atoms with E-state index in [0.29, 0.717) is 0 Å². The third-order valence-corrected chi connectivity index (χ3v) is 2.85. The van der Waals surface area contributed by atoms with Gasteiger partial charge in [-0.1, -0.05) is 0 Å². The molecular weight excluding hydrogens is 306 g/mol. The summed E-state index contributed by atoms with van der Waals surface area (Å²) in [6.45, 7) is 5.30. The first-order chi connectivity index (χ1) is 10.7. The van der Waals surface area contributed by atoms with Crippen LogP contribution in [0.1, 0.15) is 49.3 Å². The molecule has 1 aromatic rings. The zero-order chi connectivity index (χ0) is 17.6. The van der Waals surface area contributed by atoms with Crippen LogP contribution in [-0.4, -0.2) is 57.8 Å². The van der Waals surface area contributed by atoms with E-state index in [4.69, 9.17) is 4.74 Å². The zero-order valence-corrected chi connectivity index (χ0v) is 13.6. The number of carbonyl (C=O) groups excluding carboxylic acids is 2. The molecule has 0 aliphatic carbocycles. The number of aromatic amines is 1. The molecule has 0 fully saturated rings. The minimum atomic E-state index is -1.34. The van der Waals surface area contributed by atoms with E-state index in [1.165, 1.54) is 13.3 Å². The lowest BCUT2D eigenvalue weighted by Gasteiger charge is -2.21. The molecule has 0 aliphatic heterocycles. The first kappa shape index (κ1) is 18.9. The SMILES string of the molecule is COC(=O)c1[nH]ncc1C(O)C(O)CCNC(=O)OC(C)(C)C. The minimum Gasteiger partial charge on any atom is -0.464 e. The number of nitrogens with one attached hydrogen (secondary N) is 2. The first-order valence-corrected chi connectivity index (χ1v) is 7.10. The standard InChI is InChI=1S/C14H23N3O6/c1-14(2,3)23-13(21)15-6-5-9(18)11(19)8-7-16-17-10(8)12(20)22-4/h7,9,11,18-19H,5-6H2,1-4H3,(H,15,21)(H,16,17). The molecule has 23 heavy (non-hydrogen) atoms. The van der Waals surface area contributed by atoms with Crippen LogP contribution in [-0.2, 0) is 9.47 Å². The predicted octanol–water partition coefficient (Wildman–Crippen LogP) is 0.505. The van der Waals surface area contributed by atoms with E-state index in [1.54, 1.807) is 20.8 Å². The Balaban J connectivity index is 2.52. The van der Waals surface area contributed by atoms with Crippen LogP contribution in [0, 0.1) is 0 Å². The highest BCUT2D eigenvalue weighted by molar-refractivity contribution is 5.88. The maximum atomic E-state index is 11.5. The lowest BCUT2D eigenvalue weighted by Crippen LogP contribution is -2.34. The fraction of sp³-hybridized carbons (Fsp3) is 0.643. The third-order valence-electron chi connectivity index (χ3n) is 2.85. The van der Waals surface area contributed by atoms with Gasteiger partial charge in [0.1, 0.15) is 17.4 Å². The van der Waals surface area contributed by atoms with Crippen LogP contribution < -0.4 is 5.32 Å². The van der Waals surface area contributed by atoms with Crippen LogP contribution in [0.2, 0.25) is 0 Å². The first-order valence-electron chi connectivity index (χ1n) is 7.10. The number of amides is 1. The van der Waals surface area contributed by atoms with Gasteiger partial charge in [-0.15, -0.1) is 0 Å². The topological polar surface area (TPSA) is 134 Å². The van der Waals surface area contributed by atoms with Crippen LogP contribution in [0.4, 0.5) is 4.79 Å². The summed E-state index contributed by atoms with van der Waals surface area (Å²) in [5.41, 5.74) is -0.519. The Morgan fingerprint density at radius 3 is 2.61 bits per heavy atom. The van der Waals surface area contributed by atoms with Crippen molar-refractivity contribution in [3.63, 3.8) is 0 Å². The number of carbonyl (C=O) groups is 2. The van der Waals surface area contributed by atoms with Crippen LogP contribution in [0.5, 0.6) is 0 Å². The Kier molecular flexibility index (Phi) is 6.52. The van der Waals surface area contributed by atoms with E-state index in [0.717, 1.165) is 0 Å². The molecule has 1 aromatic heterocycles. The van der Waals surface area contributed by atoms with Crippen molar-refractivity contribution in [1.82, 2.24) is 15.5 Å². The number of esters is 1. The fourth-order valence-corrected chi connectivity index (χ4v) is 1.79. The van der Waals surface area contributed by atoms with Crippen LogP contribution in [0.15, 0.2) is 6.20 Å². The number of ether oxygens (including phenoxy) is 2. The van der Waals surface area contributed by atoms with E-state index < -0.39 is 29.9 Å². The number of aliphatic hydroxyl groups is 2. The summed E-state index contributed by atoms with van der Waals surface area (Å²) in [5.74, 6) is -0.698. The Labute approximate surface area is 134 Å². The summed E-state index contributed by atoms with van der Waals surface area (Å²) in [5, 5.41) is 28.6. The van der Waals surface area contributed by atoms with Crippen molar-refractivity contribution in [3.05, 3.63) is 17.5 Å². The molecule has 0 spiro atoms. The number of H-pyrrole nitrogens is 1. The third kappa shape index (κ3) is 5.87. The molecule has 9 heteroatoms. The molecule has 0 saturated heterocycles. The highest BCUT2D eigenvalue weighted by Gasteiger charge is 2.26. The summed E-state index contributed by atoms with van der Waals surface area (Å²) in [6.07, 6.45) is -1.86. The second-order valence-electron chi connectivity index (χ2n) is 5.92. The van der Waals surface area contributed by atoms with E-state index in [1.807, 2.05) is 0 Å². The van der Waals surface area contributed by atoms with E-state index >= 15 is 0 Å². The van der Waals surface area contributed by atoms with Gasteiger partial charge in [-0.05, 0) is 27.2 Å². The van der Waals surface area contributed by atoms with E-state index in [2.05, 4.69) is 20.3 Å². The second-order valence-corrected chi connectivity index (χ2v) is 5.92. The molecule has 1 heterocycles. The van der Waals surface area contributed by atoms with Gasteiger partial charge in [0.15, 0.2) is 0 Å². The van der Waals surface area contributed by atoms with Crippen molar-refractivity contribution >= 4 is 12.1 Å². The summed E-state index contributed by atoms with van der Waals surface area (Å²) in [6, 6.07) is 0. The summed E-state index contributed by atoms with van der Waals surface area (Å²) in [4.78, 5) is 23.0. The largest absolute Gasteiger partial charge is 0.464 e. The van der Waals surface area contributed by atoms with Gasteiger partial charge in [0.2, 0.25) is 0 Å². The van der Waals surface area contributed by atoms with Crippen molar-refractivity contribution in [2.45, 2.75) is 45.0 Å². The Bertz CT molecular complexity index is 537. The van der Waals surface area contributed by atoms with Crippen molar-refractivity contribution < 1.29 is 29.3 Å². The van der Waals surface area contributed by atoms with Gasteiger partial charge in [-0.25, -0.2) is 9.59 Å². The van der Waals surface area contributed by atoms with Crippen molar-refractivity contribution in [2.75, 3.05) is 13.7 Å². The molecule has 9 nitrogen and oxygen atoms in total. The van der Waals surface area contributed by atoms with Crippen molar-refractivity contribution in [2.24, 2.45) is 0 Å². The average Bonchev–Trinajstić information content (AvgIpc) is 2.92. The number of hydrogen-bond donors (Lipinski definition) is 4. The highest BCUT2D eigenvalue weighted by atomic mass is 16.6. The van der Waals surface area contributed by atoms with E-state index in [9.17, 15) is 19.8 Å². The maximum absolute atomic E-state index is 11.5. The molecule has 4 N–H and O–H groups in total. The van der Waals surface area contributed by atoms with Gasteiger partial charge in [-0.2, -0.15) is 5.10 Å². The zero-order valence-electron chi connectivity index (χ0n) is 13.6. The Hall–Kier alpha value is -2.13. The number of hydrogen-bond acceptors (Lipinski definition) is 7. The molecular formula is C14H23N3O6.